The van der Waals surface area contributed by atoms with E-state index in [-0.39, 0.29) is 0 Å². The molecule has 0 aromatic heterocycles. The highest BCUT2D eigenvalue weighted by atomic mass is 79.9. The van der Waals surface area contributed by atoms with Gasteiger partial charge in [-0.05, 0) is 63.0 Å². The second-order valence-corrected chi connectivity index (χ2v) is 7.06. The lowest BCUT2D eigenvalue weighted by Gasteiger charge is -2.29. The molecule has 0 aliphatic carbocycles. The number of rotatable bonds is 6. The molecule has 1 fully saturated rings. The monoisotopic (exact) mass is 338 g/mol. The molecule has 0 radical (unpaired) electrons. The molecule has 2 nitrogen and oxygen atoms in total. The first-order valence-electron chi connectivity index (χ1n) is 7.86. The molecule has 3 heteroatoms. The Hall–Kier alpha value is -0.380. The topological polar surface area (TPSA) is 15.3 Å². The van der Waals surface area contributed by atoms with Gasteiger partial charge in [0.05, 0.1) is 0 Å². The lowest BCUT2D eigenvalue weighted by Crippen LogP contribution is -2.37. The van der Waals surface area contributed by atoms with Gasteiger partial charge in [-0.2, -0.15) is 0 Å². The van der Waals surface area contributed by atoms with Crippen molar-refractivity contribution in [1.82, 2.24) is 10.2 Å². The number of nitrogens with one attached hydrogen (secondary N) is 1. The number of benzene rings is 1. The molecule has 0 amide bonds. The Morgan fingerprint density at radius 1 is 1.10 bits per heavy atom. The van der Waals surface area contributed by atoms with E-state index in [1.165, 1.54) is 44.5 Å². The first-order valence-corrected chi connectivity index (χ1v) is 8.65. The van der Waals surface area contributed by atoms with Crippen LogP contribution in [0.2, 0.25) is 0 Å². The molecule has 1 aliphatic rings. The van der Waals surface area contributed by atoms with Crippen LogP contribution in [0.1, 0.15) is 44.7 Å². The van der Waals surface area contributed by atoms with E-state index < -0.39 is 0 Å². The minimum Gasteiger partial charge on any atom is -0.310 e. The summed E-state index contributed by atoms with van der Waals surface area (Å²) in [6.45, 7) is 9.53. The fraction of sp³-hybridized carbons (Fsp3) is 0.647. The fourth-order valence-electron chi connectivity index (χ4n) is 2.89. The molecule has 2 unspecified atom stereocenters. The number of nitrogens with zero attached hydrogens (tertiary/aromatic N) is 1. The van der Waals surface area contributed by atoms with Gasteiger partial charge in [0.1, 0.15) is 0 Å². The number of hydrogen-bond acceptors (Lipinski definition) is 2. The first-order chi connectivity index (χ1) is 9.65. The Bertz CT molecular complexity index is 384. The average Bonchev–Trinajstić information content (AvgIpc) is 2.46. The van der Waals surface area contributed by atoms with Gasteiger partial charge in [0.15, 0.2) is 0 Å². The Morgan fingerprint density at radius 3 is 2.40 bits per heavy atom. The zero-order chi connectivity index (χ0) is 14.4. The van der Waals surface area contributed by atoms with E-state index >= 15 is 0 Å². The van der Waals surface area contributed by atoms with Gasteiger partial charge in [0.2, 0.25) is 0 Å². The van der Waals surface area contributed by atoms with Crippen molar-refractivity contribution < 1.29 is 0 Å². The predicted octanol–water partition coefficient (Wildman–Crippen LogP) is 4.22. The predicted molar refractivity (Wildman–Crippen MR) is 90.0 cm³/mol. The fourth-order valence-corrected chi connectivity index (χ4v) is 3.16. The highest BCUT2D eigenvalue weighted by molar-refractivity contribution is 9.10. The summed E-state index contributed by atoms with van der Waals surface area (Å²) in [6.07, 6.45) is 4.19. The quantitative estimate of drug-likeness (QED) is 0.835. The Kier molecular flexibility index (Phi) is 6.53. The van der Waals surface area contributed by atoms with E-state index in [4.69, 9.17) is 0 Å². The Labute approximate surface area is 132 Å². The molecule has 2 atom stereocenters. The van der Waals surface area contributed by atoms with E-state index in [2.05, 4.69) is 64.3 Å². The van der Waals surface area contributed by atoms with E-state index in [1.807, 2.05) is 0 Å². The van der Waals surface area contributed by atoms with E-state index in [9.17, 15) is 0 Å². The van der Waals surface area contributed by atoms with Crippen molar-refractivity contribution in [3.8, 4) is 0 Å². The lowest BCUT2D eigenvalue weighted by molar-refractivity contribution is 0.197. The number of likely N-dealkylation sites (tertiary alicyclic amines) is 1. The molecule has 2 rings (SSSR count). The van der Waals surface area contributed by atoms with Crippen LogP contribution in [0.15, 0.2) is 28.7 Å². The van der Waals surface area contributed by atoms with Crippen LogP contribution in [0.5, 0.6) is 0 Å². The van der Waals surface area contributed by atoms with Crippen molar-refractivity contribution >= 4 is 15.9 Å². The SMILES string of the molecule is CC(CNC(C)c1ccc(Br)cc1)CN1CCCCC1. The summed E-state index contributed by atoms with van der Waals surface area (Å²) in [6, 6.07) is 9.04. The summed E-state index contributed by atoms with van der Waals surface area (Å²) in [4.78, 5) is 2.63. The summed E-state index contributed by atoms with van der Waals surface area (Å²) in [5.41, 5.74) is 1.36. The maximum Gasteiger partial charge on any atom is 0.0291 e. The third-order valence-corrected chi connectivity index (χ3v) is 4.69. The summed E-state index contributed by atoms with van der Waals surface area (Å²) < 4.78 is 1.15. The maximum absolute atomic E-state index is 3.67. The van der Waals surface area contributed by atoms with E-state index in [0.717, 1.165) is 11.0 Å². The standard InChI is InChI=1S/C17H27BrN2/c1-14(13-20-10-4-3-5-11-20)12-19-15(2)16-6-8-17(18)9-7-16/h6-9,14-15,19H,3-5,10-13H2,1-2H3. The largest absolute Gasteiger partial charge is 0.310 e. The van der Waals surface area contributed by atoms with E-state index in [1.54, 1.807) is 0 Å². The van der Waals surface area contributed by atoms with Gasteiger partial charge in [-0.25, -0.2) is 0 Å². The zero-order valence-corrected chi connectivity index (χ0v) is 14.3. The van der Waals surface area contributed by atoms with Crippen molar-refractivity contribution in [2.24, 2.45) is 5.92 Å². The Morgan fingerprint density at radius 2 is 1.75 bits per heavy atom. The van der Waals surface area contributed by atoms with Crippen LogP contribution in [-0.4, -0.2) is 31.1 Å². The van der Waals surface area contributed by atoms with Crippen LogP contribution >= 0.6 is 15.9 Å². The number of piperidine rings is 1. The average molecular weight is 339 g/mol. The van der Waals surface area contributed by atoms with Crippen molar-refractivity contribution in [2.45, 2.75) is 39.2 Å². The molecular formula is C17H27BrN2. The highest BCUT2D eigenvalue weighted by Crippen LogP contribution is 2.17. The maximum atomic E-state index is 3.67. The molecule has 1 aromatic carbocycles. The van der Waals surface area contributed by atoms with Crippen LogP contribution in [0.25, 0.3) is 0 Å². The molecule has 1 aliphatic heterocycles. The zero-order valence-electron chi connectivity index (χ0n) is 12.7. The summed E-state index contributed by atoms with van der Waals surface area (Å²) in [5, 5.41) is 3.67. The summed E-state index contributed by atoms with van der Waals surface area (Å²) in [7, 11) is 0. The minimum atomic E-state index is 0.423. The van der Waals surface area contributed by atoms with Gasteiger partial charge in [-0.1, -0.05) is 41.4 Å². The molecule has 1 aromatic rings. The van der Waals surface area contributed by atoms with Gasteiger partial charge >= 0.3 is 0 Å². The third-order valence-electron chi connectivity index (χ3n) is 4.16. The van der Waals surface area contributed by atoms with Gasteiger partial charge in [0, 0.05) is 17.1 Å². The lowest BCUT2D eigenvalue weighted by atomic mass is 10.1. The highest BCUT2D eigenvalue weighted by Gasteiger charge is 2.14. The summed E-state index contributed by atoms with van der Waals surface area (Å²) >= 11 is 3.49. The van der Waals surface area contributed by atoms with Gasteiger partial charge in [-0.15, -0.1) is 0 Å². The first kappa shape index (κ1) is 16.0. The minimum absolute atomic E-state index is 0.423. The van der Waals surface area contributed by atoms with Crippen LogP contribution < -0.4 is 5.32 Å². The van der Waals surface area contributed by atoms with Crippen molar-refractivity contribution in [3.63, 3.8) is 0 Å². The number of hydrogen-bond donors (Lipinski definition) is 1. The van der Waals surface area contributed by atoms with Gasteiger partial charge in [0.25, 0.3) is 0 Å². The van der Waals surface area contributed by atoms with E-state index in [0.29, 0.717) is 12.0 Å². The van der Waals surface area contributed by atoms with Gasteiger partial charge < -0.3 is 10.2 Å². The van der Waals surface area contributed by atoms with Crippen LogP contribution in [0.3, 0.4) is 0 Å². The molecule has 112 valence electrons. The Balaban J connectivity index is 1.71. The molecule has 1 N–H and O–H groups in total. The molecule has 1 saturated heterocycles. The van der Waals surface area contributed by atoms with Crippen LogP contribution in [0.4, 0.5) is 0 Å². The molecular weight excluding hydrogens is 312 g/mol. The molecule has 1 heterocycles. The molecule has 20 heavy (non-hydrogen) atoms. The molecule has 0 spiro atoms. The summed E-state index contributed by atoms with van der Waals surface area (Å²) in [5.74, 6) is 0.714. The smallest absolute Gasteiger partial charge is 0.0291 e. The van der Waals surface area contributed by atoms with Crippen molar-refractivity contribution in [3.05, 3.63) is 34.3 Å². The molecule has 0 saturated carbocycles. The van der Waals surface area contributed by atoms with Gasteiger partial charge in [-0.3, -0.25) is 0 Å². The van der Waals surface area contributed by atoms with Crippen molar-refractivity contribution in [2.75, 3.05) is 26.2 Å². The second-order valence-electron chi connectivity index (χ2n) is 6.15. The van der Waals surface area contributed by atoms with Crippen molar-refractivity contribution in [1.29, 1.82) is 0 Å². The normalized spacial score (nSPS) is 19.8. The van der Waals surface area contributed by atoms with Crippen LogP contribution in [0, 0.1) is 5.92 Å². The second kappa shape index (κ2) is 8.16. The third kappa shape index (κ3) is 5.19. The number of halogens is 1. The molecule has 0 bridgehead atoms. The van der Waals surface area contributed by atoms with Crippen LogP contribution in [-0.2, 0) is 0 Å².